The van der Waals surface area contributed by atoms with Crippen molar-refractivity contribution in [1.29, 1.82) is 0 Å². The first kappa shape index (κ1) is 15.4. The van der Waals surface area contributed by atoms with Gasteiger partial charge in [0.25, 0.3) is 0 Å². The highest BCUT2D eigenvalue weighted by molar-refractivity contribution is 8.14. The van der Waals surface area contributed by atoms with Crippen molar-refractivity contribution in [2.75, 3.05) is 12.3 Å². The normalized spacial score (nSPS) is 20.9. The van der Waals surface area contributed by atoms with Crippen LogP contribution in [0.2, 0.25) is 0 Å². The summed E-state index contributed by atoms with van der Waals surface area (Å²) >= 11 is 1.88. The first-order valence-electron chi connectivity index (χ1n) is 7.69. The highest BCUT2D eigenvalue weighted by Gasteiger charge is 2.33. The maximum Gasteiger partial charge on any atom is 0.157 e. The maximum atomic E-state index is 4.75. The third-order valence-corrected chi connectivity index (χ3v) is 5.60. The molecule has 0 aliphatic carbocycles. The second-order valence-electron chi connectivity index (χ2n) is 5.69. The quantitative estimate of drug-likeness (QED) is 0.838. The van der Waals surface area contributed by atoms with Gasteiger partial charge in [-0.2, -0.15) is 0 Å². The molecule has 1 N–H and O–H groups in total. The number of hydrogen-bond acceptors (Lipinski definition) is 2. The number of nitrogens with one attached hydrogen (secondary N) is 1. The summed E-state index contributed by atoms with van der Waals surface area (Å²) < 4.78 is 0. The van der Waals surface area contributed by atoms with Gasteiger partial charge in [-0.25, -0.2) is 0 Å². The number of hydrogen-bond donors (Lipinski definition) is 1. The molecule has 0 aromatic heterocycles. The van der Waals surface area contributed by atoms with E-state index in [1.807, 2.05) is 11.8 Å². The zero-order valence-electron chi connectivity index (χ0n) is 12.9. The Bertz CT molecular complexity index is 438. The van der Waals surface area contributed by atoms with Crippen LogP contribution in [0.25, 0.3) is 0 Å². The molecule has 1 unspecified atom stereocenters. The summed E-state index contributed by atoms with van der Waals surface area (Å²) in [6.07, 6.45) is 3.47. The second-order valence-corrected chi connectivity index (χ2v) is 6.65. The van der Waals surface area contributed by atoms with E-state index in [4.69, 9.17) is 4.99 Å². The zero-order chi connectivity index (χ0) is 14.4. The van der Waals surface area contributed by atoms with Gasteiger partial charge < -0.3 is 5.32 Å². The Hall–Kier alpha value is -0.960. The van der Waals surface area contributed by atoms with Gasteiger partial charge in [0.05, 0.1) is 0 Å². The van der Waals surface area contributed by atoms with Crippen molar-refractivity contribution in [3.8, 4) is 0 Å². The molecule has 1 aliphatic rings. The largest absolute Gasteiger partial charge is 0.359 e. The van der Waals surface area contributed by atoms with Crippen molar-refractivity contribution in [1.82, 2.24) is 5.32 Å². The number of amidine groups is 1. The van der Waals surface area contributed by atoms with Gasteiger partial charge in [0.15, 0.2) is 5.17 Å². The molecule has 0 spiro atoms. The van der Waals surface area contributed by atoms with E-state index in [9.17, 15) is 0 Å². The van der Waals surface area contributed by atoms with Crippen LogP contribution in [0.3, 0.4) is 0 Å². The minimum atomic E-state index is 0.286. The minimum absolute atomic E-state index is 0.286. The predicted octanol–water partition coefficient (Wildman–Crippen LogP) is 4.43. The van der Waals surface area contributed by atoms with Crippen LogP contribution < -0.4 is 5.32 Å². The van der Waals surface area contributed by atoms with Crippen LogP contribution in [0.1, 0.15) is 51.5 Å². The lowest BCUT2D eigenvalue weighted by Gasteiger charge is -2.25. The third-order valence-electron chi connectivity index (χ3n) is 4.40. The van der Waals surface area contributed by atoms with Gasteiger partial charge >= 0.3 is 0 Å². The van der Waals surface area contributed by atoms with Gasteiger partial charge in [-0.3, -0.25) is 4.99 Å². The van der Waals surface area contributed by atoms with Crippen molar-refractivity contribution in [3.05, 3.63) is 35.9 Å². The summed E-state index contributed by atoms with van der Waals surface area (Å²) in [5.74, 6) is 1.74. The van der Waals surface area contributed by atoms with E-state index in [2.05, 4.69) is 56.4 Å². The van der Waals surface area contributed by atoms with Crippen LogP contribution in [0.5, 0.6) is 0 Å². The molecule has 0 amide bonds. The van der Waals surface area contributed by atoms with Gasteiger partial charge in [-0.15, -0.1) is 0 Å². The summed E-state index contributed by atoms with van der Waals surface area (Å²) in [4.78, 5) is 4.75. The predicted molar refractivity (Wildman–Crippen MR) is 90.7 cm³/mol. The Balaban J connectivity index is 1.83. The summed E-state index contributed by atoms with van der Waals surface area (Å²) in [5, 5.41) is 4.78. The van der Waals surface area contributed by atoms with Crippen molar-refractivity contribution in [2.24, 2.45) is 4.99 Å². The third kappa shape index (κ3) is 3.78. The molecule has 1 aromatic carbocycles. The minimum Gasteiger partial charge on any atom is -0.359 e. The van der Waals surface area contributed by atoms with E-state index in [0.29, 0.717) is 5.92 Å². The lowest BCUT2D eigenvalue weighted by molar-refractivity contribution is 0.407. The van der Waals surface area contributed by atoms with Crippen molar-refractivity contribution >= 4 is 16.9 Å². The molecule has 0 bridgehead atoms. The molecular weight excluding hydrogens is 264 g/mol. The fourth-order valence-electron chi connectivity index (χ4n) is 2.53. The lowest BCUT2D eigenvalue weighted by Crippen LogP contribution is -2.42. The Morgan fingerprint density at radius 2 is 1.95 bits per heavy atom. The molecule has 2 rings (SSSR count). The summed E-state index contributed by atoms with van der Waals surface area (Å²) in [6.45, 7) is 7.72. The second kappa shape index (κ2) is 7.16. The highest BCUT2D eigenvalue weighted by Crippen LogP contribution is 2.29. The van der Waals surface area contributed by atoms with E-state index in [1.165, 1.54) is 18.4 Å². The van der Waals surface area contributed by atoms with Gasteiger partial charge in [-0.1, -0.05) is 62.9 Å². The molecule has 1 heterocycles. The first-order valence-corrected chi connectivity index (χ1v) is 8.68. The molecule has 2 nitrogen and oxygen atoms in total. The van der Waals surface area contributed by atoms with Crippen LogP contribution in [0.15, 0.2) is 35.3 Å². The molecule has 1 fully saturated rings. The van der Waals surface area contributed by atoms with Gasteiger partial charge in [0.1, 0.15) is 0 Å². The molecule has 0 saturated carbocycles. The Morgan fingerprint density at radius 1 is 1.25 bits per heavy atom. The van der Waals surface area contributed by atoms with Crippen LogP contribution in [0, 0.1) is 0 Å². The Kier molecular flexibility index (Phi) is 5.53. The van der Waals surface area contributed by atoms with Crippen LogP contribution >= 0.6 is 11.8 Å². The average Bonchev–Trinajstić information content (AvgIpc) is 2.92. The van der Waals surface area contributed by atoms with E-state index < -0.39 is 0 Å². The number of rotatable bonds is 6. The molecule has 1 aromatic rings. The van der Waals surface area contributed by atoms with Crippen LogP contribution in [0.4, 0.5) is 0 Å². The zero-order valence-corrected chi connectivity index (χ0v) is 13.7. The molecule has 1 aliphatic heterocycles. The van der Waals surface area contributed by atoms with E-state index in [1.54, 1.807) is 0 Å². The maximum absolute atomic E-state index is 4.75. The van der Waals surface area contributed by atoms with Crippen molar-refractivity contribution < 1.29 is 0 Å². The molecule has 3 heteroatoms. The molecule has 110 valence electrons. The fourth-order valence-corrected chi connectivity index (χ4v) is 3.89. The lowest BCUT2D eigenvalue weighted by atomic mass is 9.96. The fraction of sp³-hybridized carbons (Fsp3) is 0.588. The topological polar surface area (TPSA) is 24.4 Å². The van der Waals surface area contributed by atoms with E-state index >= 15 is 0 Å². The monoisotopic (exact) mass is 290 g/mol. The molecule has 1 atom stereocenters. The molecular formula is C17H26N2S. The number of aliphatic imine (C=N–C) groups is 1. The van der Waals surface area contributed by atoms with Gasteiger partial charge in [0.2, 0.25) is 0 Å². The molecule has 0 radical (unpaired) electrons. The summed E-state index contributed by atoms with van der Waals surface area (Å²) in [7, 11) is 0. The van der Waals surface area contributed by atoms with Crippen LogP contribution in [-0.4, -0.2) is 23.0 Å². The Morgan fingerprint density at radius 3 is 2.55 bits per heavy atom. The average molecular weight is 290 g/mol. The van der Waals surface area contributed by atoms with E-state index in [0.717, 1.165) is 23.9 Å². The number of benzene rings is 1. The summed E-state index contributed by atoms with van der Waals surface area (Å²) in [6, 6.07) is 10.7. The Labute approximate surface area is 127 Å². The van der Waals surface area contributed by atoms with Gasteiger partial charge in [0, 0.05) is 17.8 Å². The smallest absolute Gasteiger partial charge is 0.157 e. The number of nitrogens with zero attached hydrogens (tertiary/aromatic N) is 1. The molecule has 1 saturated heterocycles. The SMILES string of the molecule is CCC1(CC)CSC(=NCCC(C)c2ccccc2)N1. The van der Waals surface area contributed by atoms with Crippen molar-refractivity contribution in [2.45, 2.75) is 51.5 Å². The number of thioether (sulfide) groups is 1. The van der Waals surface area contributed by atoms with Crippen molar-refractivity contribution in [3.63, 3.8) is 0 Å². The van der Waals surface area contributed by atoms with Crippen LogP contribution in [-0.2, 0) is 0 Å². The first-order chi connectivity index (χ1) is 9.69. The summed E-state index contributed by atoms with van der Waals surface area (Å²) in [5.41, 5.74) is 1.70. The highest BCUT2D eigenvalue weighted by atomic mass is 32.2. The standard InChI is InChI=1S/C17H26N2S/c1-4-17(5-2)13-20-16(19-17)18-12-11-14(3)15-9-7-6-8-10-15/h6-10,14H,4-5,11-13H2,1-3H3,(H,18,19). The van der Waals surface area contributed by atoms with Gasteiger partial charge in [-0.05, 0) is 30.7 Å². The molecule has 20 heavy (non-hydrogen) atoms. The van der Waals surface area contributed by atoms with E-state index in [-0.39, 0.29) is 5.54 Å².